The summed E-state index contributed by atoms with van der Waals surface area (Å²) in [5, 5.41) is 10.6. The molecule has 0 bridgehead atoms. The van der Waals surface area contributed by atoms with Gasteiger partial charge in [0.2, 0.25) is 5.95 Å². The Hall–Kier alpha value is -2.08. The molecule has 0 unspecified atom stereocenters. The molecule has 1 aromatic heterocycles. The Bertz CT molecular complexity index is 545. The molecule has 106 valence electrons. The third-order valence-electron chi connectivity index (χ3n) is 3.31. The van der Waals surface area contributed by atoms with Crippen molar-refractivity contribution in [2.45, 2.75) is 6.92 Å². The van der Waals surface area contributed by atoms with Gasteiger partial charge in [0.1, 0.15) is 5.75 Å². The van der Waals surface area contributed by atoms with Crippen LogP contribution in [0.2, 0.25) is 0 Å². The van der Waals surface area contributed by atoms with Crippen LogP contribution < -0.4 is 15.0 Å². The summed E-state index contributed by atoms with van der Waals surface area (Å²) < 4.78 is 5.44. The summed E-state index contributed by atoms with van der Waals surface area (Å²) in [5.74, 6) is 2.44. The number of nitrogens with zero attached hydrogens (tertiary/aromatic N) is 3. The molecule has 20 heavy (non-hydrogen) atoms. The molecule has 1 aromatic carbocycles. The Labute approximate surface area is 118 Å². The third-order valence-corrected chi connectivity index (χ3v) is 3.31. The molecule has 1 aliphatic heterocycles. The molecular formula is C14H19N5O. The van der Waals surface area contributed by atoms with E-state index in [4.69, 9.17) is 4.74 Å². The van der Waals surface area contributed by atoms with Crippen molar-refractivity contribution in [1.29, 1.82) is 0 Å². The summed E-state index contributed by atoms with van der Waals surface area (Å²) in [7, 11) is 0. The van der Waals surface area contributed by atoms with Gasteiger partial charge in [-0.3, -0.25) is 5.10 Å². The summed E-state index contributed by atoms with van der Waals surface area (Å²) in [6.45, 7) is 6.50. The van der Waals surface area contributed by atoms with Crippen LogP contribution in [0, 0.1) is 0 Å². The van der Waals surface area contributed by atoms with Gasteiger partial charge in [0.25, 0.3) is 0 Å². The Kier molecular flexibility index (Phi) is 3.83. The van der Waals surface area contributed by atoms with Crippen molar-refractivity contribution in [3.8, 4) is 17.1 Å². The van der Waals surface area contributed by atoms with Crippen LogP contribution in [0.15, 0.2) is 24.3 Å². The van der Waals surface area contributed by atoms with Crippen molar-refractivity contribution < 1.29 is 4.74 Å². The summed E-state index contributed by atoms with van der Waals surface area (Å²) in [4.78, 5) is 6.76. The smallest absolute Gasteiger partial charge is 0.245 e. The van der Waals surface area contributed by atoms with Gasteiger partial charge < -0.3 is 15.0 Å². The maximum atomic E-state index is 5.44. The lowest BCUT2D eigenvalue weighted by molar-refractivity contribution is 0.340. The van der Waals surface area contributed by atoms with Crippen LogP contribution in [-0.4, -0.2) is 48.0 Å². The quantitative estimate of drug-likeness (QED) is 0.878. The fraction of sp³-hybridized carbons (Fsp3) is 0.429. The number of aromatic nitrogens is 3. The zero-order valence-corrected chi connectivity index (χ0v) is 11.6. The van der Waals surface area contributed by atoms with Gasteiger partial charge in [-0.15, -0.1) is 5.10 Å². The van der Waals surface area contributed by atoms with Crippen LogP contribution >= 0.6 is 0 Å². The molecule has 0 amide bonds. The lowest BCUT2D eigenvalue weighted by Gasteiger charge is -2.25. The van der Waals surface area contributed by atoms with E-state index in [-0.39, 0.29) is 0 Å². The number of benzene rings is 1. The van der Waals surface area contributed by atoms with Gasteiger partial charge in [0, 0.05) is 31.7 Å². The van der Waals surface area contributed by atoms with Crippen LogP contribution in [0.5, 0.6) is 5.75 Å². The van der Waals surface area contributed by atoms with Gasteiger partial charge in [0.05, 0.1) is 6.61 Å². The Morgan fingerprint density at radius 2 is 1.95 bits per heavy atom. The average molecular weight is 273 g/mol. The van der Waals surface area contributed by atoms with Crippen LogP contribution in [0.25, 0.3) is 11.4 Å². The van der Waals surface area contributed by atoms with E-state index < -0.39 is 0 Å². The topological polar surface area (TPSA) is 66.1 Å². The number of hydrogen-bond acceptors (Lipinski definition) is 5. The SMILES string of the molecule is CCOc1ccc(-c2nc(N3CCNCC3)n[nH]2)cc1. The average Bonchev–Trinajstić information content (AvgIpc) is 2.99. The number of piperazine rings is 1. The molecule has 2 N–H and O–H groups in total. The Balaban J connectivity index is 1.75. The number of hydrogen-bond donors (Lipinski definition) is 2. The standard InChI is InChI=1S/C14H19N5O/c1-2-20-12-5-3-11(4-6-12)13-16-14(18-17-13)19-9-7-15-8-10-19/h3-6,15H,2,7-10H2,1H3,(H,16,17,18). The van der Waals surface area contributed by atoms with Crippen molar-refractivity contribution in [2.24, 2.45) is 0 Å². The molecule has 0 aliphatic carbocycles. The summed E-state index contributed by atoms with van der Waals surface area (Å²) >= 11 is 0. The highest BCUT2D eigenvalue weighted by Gasteiger charge is 2.15. The lowest BCUT2D eigenvalue weighted by atomic mass is 10.2. The molecule has 6 nitrogen and oxygen atoms in total. The highest BCUT2D eigenvalue weighted by molar-refractivity contribution is 5.57. The monoisotopic (exact) mass is 273 g/mol. The first-order valence-electron chi connectivity index (χ1n) is 6.98. The van der Waals surface area contributed by atoms with E-state index in [9.17, 15) is 0 Å². The second-order valence-corrected chi connectivity index (χ2v) is 4.68. The molecule has 0 radical (unpaired) electrons. The van der Waals surface area contributed by atoms with Gasteiger partial charge in [-0.1, -0.05) is 0 Å². The van der Waals surface area contributed by atoms with Crippen molar-refractivity contribution >= 4 is 5.95 Å². The minimum Gasteiger partial charge on any atom is -0.494 e. The molecule has 6 heteroatoms. The first kappa shape index (κ1) is 12.9. The minimum absolute atomic E-state index is 0.675. The highest BCUT2D eigenvalue weighted by Crippen LogP contribution is 2.21. The molecule has 1 aliphatic rings. The molecule has 1 fully saturated rings. The van der Waals surface area contributed by atoms with Crippen molar-refractivity contribution in [3.63, 3.8) is 0 Å². The number of H-pyrrole nitrogens is 1. The first-order chi connectivity index (χ1) is 9.86. The molecule has 3 rings (SSSR count). The van der Waals surface area contributed by atoms with Crippen molar-refractivity contribution in [1.82, 2.24) is 20.5 Å². The predicted molar refractivity (Wildman–Crippen MR) is 78.1 cm³/mol. The largest absolute Gasteiger partial charge is 0.494 e. The Morgan fingerprint density at radius 1 is 1.20 bits per heavy atom. The zero-order valence-electron chi connectivity index (χ0n) is 11.6. The van der Waals surface area contributed by atoms with Gasteiger partial charge in [-0.25, -0.2) is 0 Å². The summed E-state index contributed by atoms with van der Waals surface area (Å²) in [5.41, 5.74) is 1.02. The summed E-state index contributed by atoms with van der Waals surface area (Å²) in [6.07, 6.45) is 0. The molecule has 0 saturated carbocycles. The number of ether oxygens (including phenoxy) is 1. The minimum atomic E-state index is 0.675. The van der Waals surface area contributed by atoms with E-state index in [1.54, 1.807) is 0 Å². The van der Waals surface area contributed by atoms with Gasteiger partial charge >= 0.3 is 0 Å². The fourth-order valence-electron chi connectivity index (χ4n) is 2.26. The molecule has 0 spiro atoms. The number of rotatable bonds is 4. The van der Waals surface area contributed by atoms with E-state index >= 15 is 0 Å². The van der Waals surface area contributed by atoms with Crippen molar-refractivity contribution in [3.05, 3.63) is 24.3 Å². The van der Waals surface area contributed by atoms with Crippen LogP contribution in [0.1, 0.15) is 6.92 Å². The lowest BCUT2D eigenvalue weighted by Crippen LogP contribution is -2.44. The summed E-state index contributed by atoms with van der Waals surface area (Å²) in [6, 6.07) is 7.89. The van der Waals surface area contributed by atoms with E-state index in [1.165, 1.54) is 0 Å². The van der Waals surface area contributed by atoms with Crippen molar-refractivity contribution in [2.75, 3.05) is 37.7 Å². The van der Waals surface area contributed by atoms with E-state index in [2.05, 4.69) is 25.4 Å². The normalized spacial score (nSPS) is 15.3. The third kappa shape index (κ3) is 2.75. The van der Waals surface area contributed by atoms with E-state index in [0.717, 1.165) is 49.3 Å². The first-order valence-corrected chi connectivity index (χ1v) is 6.98. The second-order valence-electron chi connectivity index (χ2n) is 4.68. The molecule has 0 atom stereocenters. The molecule has 2 heterocycles. The zero-order chi connectivity index (χ0) is 13.8. The maximum absolute atomic E-state index is 5.44. The van der Waals surface area contributed by atoms with Gasteiger partial charge in [-0.2, -0.15) is 4.98 Å². The molecule has 2 aromatic rings. The fourth-order valence-corrected chi connectivity index (χ4v) is 2.26. The van der Waals surface area contributed by atoms with E-state index in [1.807, 2.05) is 31.2 Å². The van der Waals surface area contributed by atoms with Gasteiger partial charge in [-0.05, 0) is 31.2 Å². The van der Waals surface area contributed by atoms with Crippen LogP contribution in [0.4, 0.5) is 5.95 Å². The molecule has 1 saturated heterocycles. The molecular weight excluding hydrogens is 254 g/mol. The van der Waals surface area contributed by atoms with Crippen LogP contribution in [0.3, 0.4) is 0 Å². The number of nitrogens with one attached hydrogen (secondary N) is 2. The second kappa shape index (κ2) is 5.92. The van der Waals surface area contributed by atoms with E-state index in [0.29, 0.717) is 6.61 Å². The van der Waals surface area contributed by atoms with Gasteiger partial charge in [0.15, 0.2) is 5.82 Å². The highest BCUT2D eigenvalue weighted by atomic mass is 16.5. The Morgan fingerprint density at radius 3 is 2.65 bits per heavy atom. The number of aromatic amines is 1. The maximum Gasteiger partial charge on any atom is 0.245 e. The number of anilines is 1. The van der Waals surface area contributed by atoms with Crippen LogP contribution in [-0.2, 0) is 0 Å². The predicted octanol–water partition coefficient (Wildman–Crippen LogP) is 1.28.